The number of rotatable bonds is 1. The fourth-order valence-corrected chi connectivity index (χ4v) is 3.56. The molecule has 0 bridgehead atoms. The van der Waals surface area contributed by atoms with Crippen molar-refractivity contribution in [1.29, 1.82) is 0 Å². The van der Waals surface area contributed by atoms with E-state index in [1.807, 2.05) is 0 Å². The molecule has 0 spiro atoms. The summed E-state index contributed by atoms with van der Waals surface area (Å²) in [7, 11) is 0. The molecule has 2 aromatic carbocycles. The highest BCUT2D eigenvalue weighted by Crippen LogP contribution is 2.38. The van der Waals surface area contributed by atoms with Crippen molar-refractivity contribution >= 4 is 12.2 Å². The van der Waals surface area contributed by atoms with Gasteiger partial charge >= 0.3 is 0 Å². The molecule has 0 heterocycles. The molecule has 0 saturated heterocycles. The van der Waals surface area contributed by atoms with Crippen LogP contribution >= 0.6 is 0 Å². The van der Waals surface area contributed by atoms with Crippen LogP contribution in [-0.2, 0) is 12.8 Å². The predicted octanol–water partition coefficient (Wildman–Crippen LogP) is 5.58. The number of hydrogen-bond acceptors (Lipinski definition) is 0. The second-order valence-electron chi connectivity index (χ2n) is 6.14. The van der Waals surface area contributed by atoms with Gasteiger partial charge in [0.2, 0.25) is 0 Å². The van der Waals surface area contributed by atoms with E-state index in [0.29, 0.717) is 0 Å². The lowest BCUT2D eigenvalue weighted by atomic mass is 9.81. The second-order valence-corrected chi connectivity index (χ2v) is 6.14. The molecule has 2 aromatic rings. The van der Waals surface area contributed by atoms with Crippen molar-refractivity contribution in [2.75, 3.05) is 0 Å². The van der Waals surface area contributed by atoms with Crippen molar-refractivity contribution < 1.29 is 0 Å². The lowest BCUT2D eigenvalue weighted by Gasteiger charge is -2.23. The zero-order valence-electron chi connectivity index (χ0n) is 12.5. The van der Waals surface area contributed by atoms with Gasteiger partial charge < -0.3 is 0 Å². The maximum atomic E-state index is 2.42. The van der Waals surface area contributed by atoms with Gasteiger partial charge in [-0.2, -0.15) is 0 Å². The second kappa shape index (κ2) is 5.04. The van der Waals surface area contributed by atoms with Crippen LogP contribution in [0, 0.1) is 6.92 Å². The molecule has 0 aromatic heterocycles. The standard InChI is InChI=1S/C21H20/c1-15-10-12-16(13-11-15)21-19-8-4-2-6-17(19)14-18-7-3-5-9-20(18)21/h2,5-6,9-14H,3-4,7-8H2,1H3. The van der Waals surface area contributed by atoms with Gasteiger partial charge in [0.1, 0.15) is 0 Å². The van der Waals surface area contributed by atoms with Crippen molar-refractivity contribution in [2.24, 2.45) is 0 Å². The van der Waals surface area contributed by atoms with Gasteiger partial charge in [0.15, 0.2) is 0 Å². The molecule has 2 aliphatic carbocycles. The van der Waals surface area contributed by atoms with Crippen molar-refractivity contribution in [3.8, 4) is 11.1 Å². The molecule has 104 valence electrons. The summed E-state index contributed by atoms with van der Waals surface area (Å²) in [5.74, 6) is 0. The summed E-state index contributed by atoms with van der Waals surface area (Å²) in [6, 6.07) is 11.4. The summed E-state index contributed by atoms with van der Waals surface area (Å²) < 4.78 is 0. The van der Waals surface area contributed by atoms with Crippen LogP contribution in [-0.4, -0.2) is 0 Å². The zero-order valence-corrected chi connectivity index (χ0v) is 12.5. The largest absolute Gasteiger partial charge is 0.0836 e. The van der Waals surface area contributed by atoms with E-state index in [4.69, 9.17) is 0 Å². The Morgan fingerprint density at radius 2 is 1.62 bits per heavy atom. The minimum Gasteiger partial charge on any atom is -0.0836 e. The van der Waals surface area contributed by atoms with Gasteiger partial charge in [-0.25, -0.2) is 0 Å². The zero-order chi connectivity index (χ0) is 14.2. The first kappa shape index (κ1) is 12.6. The first-order valence-corrected chi connectivity index (χ1v) is 7.92. The summed E-state index contributed by atoms with van der Waals surface area (Å²) in [6.45, 7) is 2.16. The monoisotopic (exact) mass is 272 g/mol. The van der Waals surface area contributed by atoms with Crippen molar-refractivity contribution in [3.05, 3.63) is 70.3 Å². The molecule has 0 saturated carbocycles. The molecule has 21 heavy (non-hydrogen) atoms. The van der Waals surface area contributed by atoms with Crippen LogP contribution in [0.5, 0.6) is 0 Å². The fourth-order valence-electron chi connectivity index (χ4n) is 3.56. The maximum absolute atomic E-state index is 2.42. The lowest BCUT2D eigenvalue weighted by molar-refractivity contribution is 0.955. The van der Waals surface area contributed by atoms with Crippen LogP contribution in [0.3, 0.4) is 0 Å². The molecular weight excluding hydrogens is 252 g/mol. The molecule has 4 rings (SSSR count). The molecule has 0 radical (unpaired) electrons. The van der Waals surface area contributed by atoms with E-state index < -0.39 is 0 Å². The minimum absolute atomic E-state index is 1.16. The van der Waals surface area contributed by atoms with Crippen molar-refractivity contribution in [1.82, 2.24) is 0 Å². The van der Waals surface area contributed by atoms with E-state index in [1.54, 1.807) is 0 Å². The Bertz CT molecular complexity index is 743. The Kier molecular flexibility index (Phi) is 3.03. The van der Waals surface area contributed by atoms with E-state index in [0.717, 1.165) is 12.8 Å². The van der Waals surface area contributed by atoms with Crippen molar-refractivity contribution in [3.63, 3.8) is 0 Å². The Balaban J connectivity index is 2.02. The van der Waals surface area contributed by atoms with Crippen LogP contribution in [0.2, 0.25) is 0 Å². The average molecular weight is 272 g/mol. The van der Waals surface area contributed by atoms with E-state index >= 15 is 0 Å². The Labute approximate surface area is 126 Å². The van der Waals surface area contributed by atoms with E-state index in [2.05, 4.69) is 61.6 Å². The normalized spacial score (nSPS) is 15.7. The SMILES string of the molecule is Cc1ccc(-c2c3c(cc4c2CCC=C4)CCC=C3)cc1. The molecule has 0 amide bonds. The van der Waals surface area contributed by atoms with Gasteiger partial charge in [-0.1, -0.05) is 60.2 Å². The van der Waals surface area contributed by atoms with Gasteiger partial charge in [0.25, 0.3) is 0 Å². The summed E-state index contributed by atoms with van der Waals surface area (Å²) in [5, 5.41) is 0. The third-order valence-electron chi connectivity index (χ3n) is 4.66. The number of fused-ring (bicyclic) bond motifs is 2. The quantitative estimate of drug-likeness (QED) is 0.635. The van der Waals surface area contributed by atoms with Crippen LogP contribution < -0.4 is 0 Å². The maximum Gasteiger partial charge on any atom is -0.00706 e. The van der Waals surface area contributed by atoms with Crippen LogP contribution in [0.25, 0.3) is 23.3 Å². The van der Waals surface area contributed by atoms with Crippen LogP contribution in [0.15, 0.2) is 42.5 Å². The van der Waals surface area contributed by atoms with Gasteiger partial charge in [-0.05, 0) is 66.0 Å². The lowest BCUT2D eigenvalue weighted by Crippen LogP contribution is -2.05. The molecule has 0 aliphatic heterocycles. The smallest absolute Gasteiger partial charge is 0.00706 e. The highest BCUT2D eigenvalue weighted by atomic mass is 14.2. The highest BCUT2D eigenvalue weighted by Gasteiger charge is 2.19. The minimum atomic E-state index is 1.16. The van der Waals surface area contributed by atoms with E-state index in [1.165, 1.54) is 51.8 Å². The number of allylic oxidation sites excluding steroid dienone is 2. The molecule has 0 nitrogen and oxygen atoms in total. The predicted molar refractivity (Wildman–Crippen MR) is 91.3 cm³/mol. The summed E-state index contributed by atoms with van der Waals surface area (Å²) in [4.78, 5) is 0. The average Bonchev–Trinajstić information content (AvgIpc) is 2.53. The van der Waals surface area contributed by atoms with Crippen LogP contribution in [0.1, 0.15) is 40.7 Å². The van der Waals surface area contributed by atoms with E-state index in [-0.39, 0.29) is 0 Å². The van der Waals surface area contributed by atoms with E-state index in [9.17, 15) is 0 Å². The Morgan fingerprint density at radius 3 is 2.48 bits per heavy atom. The molecule has 0 N–H and O–H groups in total. The molecule has 0 fully saturated rings. The molecule has 2 aliphatic rings. The Hall–Kier alpha value is -2.08. The summed E-state index contributed by atoms with van der Waals surface area (Å²) >= 11 is 0. The third kappa shape index (κ3) is 2.15. The van der Waals surface area contributed by atoms with Gasteiger partial charge in [-0.15, -0.1) is 0 Å². The number of aryl methyl sites for hydroxylation is 2. The summed E-state index contributed by atoms with van der Waals surface area (Å²) in [5.41, 5.74) is 10.1. The molecule has 0 unspecified atom stereocenters. The topological polar surface area (TPSA) is 0 Å². The third-order valence-corrected chi connectivity index (χ3v) is 4.66. The fraction of sp³-hybridized carbons (Fsp3) is 0.238. The summed E-state index contributed by atoms with van der Waals surface area (Å²) in [6.07, 6.45) is 14.0. The van der Waals surface area contributed by atoms with Gasteiger partial charge in [0, 0.05) is 0 Å². The molecular formula is C21H20. The van der Waals surface area contributed by atoms with Crippen molar-refractivity contribution in [2.45, 2.75) is 32.6 Å². The first-order chi connectivity index (χ1) is 10.3. The Morgan fingerprint density at radius 1 is 0.857 bits per heavy atom. The number of hydrogen-bond donors (Lipinski definition) is 0. The first-order valence-electron chi connectivity index (χ1n) is 7.92. The van der Waals surface area contributed by atoms with Gasteiger partial charge in [0.05, 0.1) is 0 Å². The van der Waals surface area contributed by atoms with Crippen LogP contribution in [0.4, 0.5) is 0 Å². The van der Waals surface area contributed by atoms with Gasteiger partial charge in [-0.3, -0.25) is 0 Å². The number of benzene rings is 2. The molecule has 0 atom stereocenters. The highest BCUT2D eigenvalue weighted by molar-refractivity contribution is 5.84. The molecule has 0 heteroatoms.